The second-order valence-electron chi connectivity index (χ2n) is 12.0. The third-order valence-corrected chi connectivity index (χ3v) is 7.90. The molecule has 0 radical (unpaired) electrons. The number of rotatable bonds is 5. The first-order chi connectivity index (χ1) is 20.1. The first-order valence-electron chi connectivity index (χ1n) is 14.1. The van der Waals surface area contributed by atoms with Crippen LogP contribution in [-0.2, 0) is 28.5 Å². The number of anilines is 1. The average Bonchev–Trinajstić information content (AvgIpc) is 3.35. The van der Waals surface area contributed by atoms with Crippen LogP contribution in [0.3, 0.4) is 0 Å². The number of carbonyl (C=O) groups excluding carboxylic acids is 1. The lowest BCUT2D eigenvalue weighted by Crippen LogP contribution is -2.30. The molecule has 0 fully saturated rings. The number of halogens is 4. The Balaban J connectivity index is 1.72. The fourth-order valence-corrected chi connectivity index (χ4v) is 6.01. The summed E-state index contributed by atoms with van der Waals surface area (Å²) in [4.78, 5) is 27.8. The number of hydrogen-bond acceptors (Lipinski definition) is 4. The summed E-state index contributed by atoms with van der Waals surface area (Å²) in [5.41, 5.74) is 2.84. The Morgan fingerprint density at radius 2 is 1.70 bits per heavy atom. The van der Waals surface area contributed by atoms with Crippen molar-refractivity contribution in [2.45, 2.75) is 71.8 Å². The maximum atomic E-state index is 15.5. The number of hydrogen-bond donors (Lipinski definition) is 1. The minimum Gasteiger partial charge on any atom is -0.490 e. The van der Waals surface area contributed by atoms with E-state index in [4.69, 9.17) is 9.47 Å². The molecule has 43 heavy (non-hydrogen) atoms. The van der Waals surface area contributed by atoms with Gasteiger partial charge in [0.05, 0.1) is 17.8 Å². The Labute approximate surface area is 247 Å². The van der Waals surface area contributed by atoms with Gasteiger partial charge in [0, 0.05) is 28.9 Å². The van der Waals surface area contributed by atoms with Gasteiger partial charge in [0.15, 0.2) is 17.7 Å². The highest BCUT2D eigenvalue weighted by molar-refractivity contribution is 6.08. The molecule has 0 unspecified atom stereocenters. The van der Waals surface area contributed by atoms with Gasteiger partial charge in [-0.15, -0.1) is 0 Å². The number of alkyl halides is 3. The van der Waals surface area contributed by atoms with Crippen molar-refractivity contribution in [3.05, 3.63) is 81.2 Å². The number of ether oxygens (including phenoxy) is 2. The van der Waals surface area contributed by atoms with Crippen LogP contribution < -0.4 is 9.64 Å². The topological polar surface area (TPSA) is 76.1 Å². The van der Waals surface area contributed by atoms with Crippen LogP contribution in [0.15, 0.2) is 36.4 Å². The summed E-state index contributed by atoms with van der Waals surface area (Å²) in [7, 11) is 0. The molecule has 0 saturated heterocycles. The van der Waals surface area contributed by atoms with E-state index in [-0.39, 0.29) is 17.9 Å². The highest BCUT2D eigenvalue weighted by atomic mass is 19.4. The molecule has 6 nitrogen and oxygen atoms in total. The minimum absolute atomic E-state index is 0.0803. The van der Waals surface area contributed by atoms with Crippen LogP contribution in [0, 0.1) is 19.7 Å². The number of aryl methyl sites for hydroxylation is 1. The third-order valence-electron chi connectivity index (χ3n) is 7.90. The number of carboxylic acids is 1. The van der Waals surface area contributed by atoms with Crippen molar-refractivity contribution in [2.24, 2.45) is 0 Å². The monoisotopic (exact) mass is 599 g/mol. The van der Waals surface area contributed by atoms with E-state index in [1.807, 2.05) is 6.92 Å². The van der Waals surface area contributed by atoms with Crippen LogP contribution in [0.2, 0.25) is 0 Å². The van der Waals surface area contributed by atoms with E-state index in [0.29, 0.717) is 64.9 Å². The standard InChI is InChI=1S/C33H33F4NO5/c1-17-15-25-22(12-13-38(25)30(39)19-8-10-20(11-9-19)33(35,36)37)27(26(17)29(31(40)41)43-32(3,4)5)23-16-24(34)28-21(18(23)2)7-6-14-42-28/h8-11,15-16,29H,6-7,12-14H2,1-5H3,(H,40,41)/t29-/m0/s1. The third kappa shape index (κ3) is 5.72. The molecule has 0 aliphatic carbocycles. The summed E-state index contributed by atoms with van der Waals surface area (Å²) in [6, 6.07) is 7.09. The number of carboxylic acid groups (broad SMARTS) is 1. The summed E-state index contributed by atoms with van der Waals surface area (Å²) in [6.45, 7) is 9.41. The van der Waals surface area contributed by atoms with Crippen LogP contribution in [0.5, 0.6) is 5.75 Å². The van der Waals surface area contributed by atoms with Gasteiger partial charge in [-0.3, -0.25) is 4.79 Å². The van der Waals surface area contributed by atoms with Gasteiger partial charge in [-0.05, 0) is 118 Å². The molecule has 1 atom stereocenters. The number of amides is 1. The maximum absolute atomic E-state index is 15.5. The zero-order chi connectivity index (χ0) is 31.4. The maximum Gasteiger partial charge on any atom is 0.416 e. The molecule has 228 valence electrons. The van der Waals surface area contributed by atoms with Crippen LogP contribution >= 0.6 is 0 Å². The van der Waals surface area contributed by atoms with Gasteiger partial charge in [0.1, 0.15) is 0 Å². The average molecular weight is 600 g/mol. The fourth-order valence-electron chi connectivity index (χ4n) is 6.01. The molecule has 0 aromatic heterocycles. The van der Waals surface area contributed by atoms with Gasteiger partial charge in [-0.2, -0.15) is 13.2 Å². The van der Waals surface area contributed by atoms with Crippen molar-refractivity contribution in [1.29, 1.82) is 0 Å². The van der Waals surface area contributed by atoms with E-state index < -0.39 is 41.1 Å². The van der Waals surface area contributed by atoms with Crippen molar-refractivity contribution >= 4 is 17.6 Å². The Morgan fingerprint density at radius 3 is 2.30 bits per heavy atom. The van der Waals surface area contributed by atoms with Crippen LogP contribution in [-0.4, -0.2) is 35.7 Å². The zero-order valence-electron chi connectivity index (χ0n) is 24.6. The summed E-state index contributed by atoms with van der Waals surface area (Å²) >= 11 is 0. The van der Waals surface area contributed by atoms with Gasteiger partial charge >= 0.3 is 12.1 Å². The number of benzene rings is 3. The Morgan fingerprint density at radius 1 is 1.02 bits per heavy atom. The smallest absolute Gasteiger partial charge is 0.416 e. The molecule has 0 bridgehead atoms. The molecule has 0 spiro atoms. The molecule has 0 saturated carbocycles. The Hall–Kier alpha value is -3.92. The summed E-state index contributed by atoms with van der Waals surface area (Å²) in [5.74, 6) is -2.07. The van der Waals surface area contributed by atoms with E-state index in [2.05, 4.69) is 0 Å². The Kier molecular flexibility index (Phi) is 7.79. The summed E-state index contributed by atoms with van der Waals surface area (Å²) < 4.78 is 66.6. The summed E-state index contributed by atoms with van der Waals surface area (Å²) in [5, 5.41) is 10.4. The van der Waals surface area contributed by atoms with Crippen LogP contribution in [0.1, 0.15) is 77.0 Å². The van der Waals surface area contributed by atoms with E-state index in [0.717, 1.165) is 29.8 Å². The molecule has 2 heterocycles. The van der Waals surface area contributed by atoms with Crippen LogP contribution in [0.25, 0.3) is 11.1 Å². The van der Waals surface area contributed by atoms with Gasteiger partial charge in [-0.1, -0.05) is 0 Å². The molecular weight excluding hydrogens is 566 g/mol. The lowest BCUT2D eigenvalue weighted by molar-refractivity contribution is -0.160. The van der Waals surface area contributed by atoms with E-state index in [9.17, 15) is 27.9 Å². The van der Waals surface area contributed by atoms with E-state index >= 15 is 4.39 Å². The number of nitrogens with zero attached hydrogens (tertiary/aromatic N) is 1. The molecule has 10 heteroatoms. The summed E-state index contributed by atoms with van der Waals surface area (Å²) in [6.07, 6.45) is -4.31. The molecule has 3 aromatic rings. The lowest BCUT2D eigenvalue weighted by Gasteiger charge is -2.30. The quantitative estimate of drug-likeness (QED) is 0.306. The minimum atomic E-state index is -4.53. The molecule has 2 aliphatic heterocycles. The molecule has 3 aromatic carbocycles. The fraction of sp³-hybridized carbons (Fsp3) is 0.394. The van der Waals surface area contributed by atoms with Gasteiger partial charge < -0.3 is 19.5 Å². The predicted molar refractivity (Wildman–Crippen MR) is 153 cm³/mol. The van der Waals surface area contributed by atoms with Gasteiger partial charge in [0.2, 0.25) is 0 Å². The SMILES string of the molecule is Cc1cc2c(c(-c3cc(F)c4c(c3C)CCCO4)c1[C@H](OC(C)(C)C)C(=O)O)CCN2C(=O)c1ccc(C(F)(F)F)cc1. The van der Waals surface area contributed by atoms with E-state index in [1.165, 1.54) is 11.0 Å². The van der Waals surface area contributed by atoms with E-state index in [1.54, 1.807) is 33.8 Å². The van der Waals surface area contributed by atoms with Crippen molar-refractivity contribution < 1.29 is 41.7 Å². The predicted octanol–water partition coefficient (Wildman–Crippen LogP) is 7.60. The second kappa shape index (κ2) is 11.0. The first-order valence-corrected chi connectivity index (χ1v) is 14.1. The molecular formula is C33H33F4NO5. The lowest BCUT2D eigenvalue weighted by atomic mass is 9.83. The van der Waals surface area contributed by atoms with Crippen molar-refractivity contribution in [3.63, 3.8) is 0 Å². The van der Waals surface area contributed by atoms with Gasteiger partial charge in [-0.25, -0.2) is 9.18 Å². The first kappa shape index (κ1) is 30.5. The van der Waals surface area contributed by atoms with Crippen molar-refractivity contribution in [2.75, 3.05) is 18.1 Å². The molecule has 1 N–H and O–H groups in total. The van der Waals surface area contributed by atoms with Crippen molar-refractivity contribution in [3.8, 4) is 16.9 Å². The molecule has 1 amide bonds. The number of carbonyl (C=O) groups is 2. The number of fused-ring (bicyclic) bond motifs is 2. The normalized spacial score (nSPS) is 15.5. The zero-order valence-corrected chi connectivity index (χ0v) is 24.6. The van der Waals surface area contributed by atoms with Crippen LogP contribution in [0.4, 0.5) is 23.2 Å². The highest BCUT2D eigenvalue weighted by Gasteiger charge is 2.38. The molecule has 5 rings (SSSR count). The second-order valence-corrected chi connectivity index (χ2v) is 12.0. The molecule has 2 aliphatic rings. The van der Waals surface area contributed by atoms with Gasteiger partial charge in [0.25, 0.3) is 5.91 Å². The largest absolute Gasteiger partial charge is 0.490 e. The highest BCUT2D eigenvalue weighted by Crippen LogP contribution is 2.48. The Bertz CT molecular complexity index is 1610. The van der Waals surface area contributed by atoms with Crippen molar-refractivity contribution in [1.82, 2.24) is 0 Å². The number of aliphatic carboxylic acids is 1.